The Balaban J connectivity index is 2.04. The lowest BCUT2D eigenvalue weighted by Crippen LogP contribution is -2.29. The van der Waals surface area contributed by atoms with Crippen molar-refractivity contribution in [3.8, 4) is 0 Å². The Hall–Kier alpha value is -2.11. The first-order valence-electron chi connectivity index (χ1n) is 5.79. The molecular formula is C14H9Cl2FN2O2. The molecule has 0 heterocycles. The summed E-state index contributed by atoms with van der Waals surface area (Å²) in [6.45, 7) is 0. The van der Waals surface area contributed by atoms with E-state index in [4.69, 9.17) is 23.2 Å². The maximum atomic E-state index is 13.4. The zero-order valence-electron chi connectivity index (χ0n) is 10.5. The van der Waals surface area contributed by atoms with Gasteiger partial charge in [-0.3, -0.25) is 9.59 Å². The number of rotatable bonds is 2. The van der Waals surface area contributed by atoms with Gasteiger partial charge in [-0.1, -0.05) is 35.3 Å². The number of anilines is 2. The summed E-state index contributed by atoms with van der Waals surface area (Å²) in [6, 6.07) is 9.90. The summed E-state index contributed by atoms with van der Waals surface area (Å²) in [4.78, 5) is 23.4. The molecule has 0 aromatic heterocycles. The molecule has 0 saturated heterocycles. The summed E-state index contributed by atoms with van der Waals surface area (Å²) >= 11 is 11.5. The standard InChI is InChI=1S/C14H9Cl2FN2O2/c15-9-6-5-8(7-10(9)16)18-13(20)14(21)19-12-4-2-1-3-11(12)17/h1-7H,(H,18,20)(H,19,21). The predicted molar refractivity (Wildman–Crippen MR) is 80.1 cm³/mol. The van der Waals surface area contributed by atoms with Gasteiger partial charge in [0.25, 0.3) is 0 Å². The molecule has 0 atom stereocenters. The zero-order valence-corrected chi connectivity index (χ0v) is 12.0. The van der Waals surface area contributed by atoms with Crippen LogP contribution in [0.25, 0.3) is 0 Å². The Bertz CT molecular complexity index is 707. The van der Waals surface area contributed by atoms with Crippen LogP contribution in [0.15, 0.2) is 42.5 Å². The Morgan fingerprint density at radius 1 is 0.905 bits per heavy atom. The molecule has 0 bridgehead atoms. The first kappa shape index (κ1) is 15.3. The summed E-state index contributed by atoms with van der Waals surface area (Å²) < 4.78 is 13.4. The fourth-order valence-electron chi connectivity index (χ4n) is 1.50. The third-order valence-electron chi connectivity index (χ3n) is 2.51. The number of carbonyl (C=O) groups excluding carboxylic acids is 2. The summed E-state index contributed by atoms with van der Waals surface area (Å²) in [5.41, 5.74) is 0.227. The molecule has 0 spiro atoms. The van der Waals surface area contributed by atoms with Crippen LogP contribution in [0, 0.1) is 5.82 Å². The van der Waals surface area contributed by atoms with Crippen molar-refractivity contribution in [2.45, 2.75) is 0 Å². The SMILES string of the molecule is O=C(Nc1ccc(Cl)c(Cl)c1)C(=O)Nc1ccccc1F. The quantitative estimate of drug-likeness (QED) is 0.826. The van der Waals surface area contributed by atoms with Gasteiger partial charge < -0.3 is 10.6 Å². The highest BCUT2D eigenvalue weighted by atomic mass is 35.5. The van der Waals surface area contributed by atoms with Gasteiger partial charge in [0.2, 0.25) is 0 Å². The second-order valence-electron chi connectivity index (χ2n) is 4.02. The van der Waals surface area contributed by atoms with Gasteiger partial charge >= 0.3 is 11.8 Å². The second kappa shape index (κ2) is 6.56. The molecule has 21 heavy (non-hydrogen) atoms. The van der Waals surface area contributed by atoms with E-state index in [9.17, 15) is 14.0 Å². The van der Waals surface area contributed by atoms with Gasteiger partial charge in [0.05, 0.1) is 15.7 Å². The van der Waals surface area contributed by atoms with E-state index in [0.717, 1.165) is 0 Å². The molecule has 0 aliphatic rings. The van der Waals surface area contributed by atoms with Crippen molar-refractivity contribution >= 4 is 46.4 Å². The van der Waals surface area contributed by atoms with E-state index in [1.807, 2.05) is 0 Å². The predicted octanol–water partition coefficient (Wildman–Crippen LogP) is 3.71. The lowest BCUT2D eigenvalue weighted by Gasteiger charge is -2.07. The van der Waals surface area contributed by atoms with E-state index in [-0.39, 0.29) is 10.7 Å². The normalized spacial score (nSPS) is 10.0. The molecule has 0 fully saturated rings. The van der Waals surface area contributed by atoms with Crippen LogP contribution in [0.2, 0.25) is 10.0 Å². The van der Waals surface area contributed by atoms with Crippen LogP contribution >= 0.6 is 23.2 Å². The fraction of sp³-hybridized carbons (Fsp3) is 0. The average Bonchev–Trinajstić information content (AvgIpc) is 2.45. The third kappa shape index (κ3) is 3.93. The molecule has 7 heteroatoms. The van der Waals surface area contributed by atoms with Crippen LogP contribution in [0.5, 0.6) is 0 Å². The van der Waals surface area contributed by atoms with Crippen molar-refractivity contribution in [2.24, 2.45) is 0 Å². The molecule has 108 valence electrons. The number of benzene rings is 2. The Kier molecular flexibility index (Phi) is 4.77. The van der Waals surface area contributed by atoms with Crippen LogP contribution < -0.4 is 10.6 Å². The fourth-order valence-corrected chi connectivity index (χ4v) is 1.80. The number of para-hydroxylation sites is 1. The maximum absolute atomic E-state index is 13.4. The van der Waals surface area contributed by atoms with Gasteiger partial charge in [-0.05, 0) is 30.3 Å². The molecule has 2 aromatic rings. The van der Waals surface area contributed by atoms with Crippen molar-refractivity contribution in [2.75, 3.05) is 10.6 Å². The van der Waals surface area contributed by atoms with Gasteiger partial charge in [-0.2, -0.15) is 0 Å². The number of halogens is 3. The molecule has 2 N–H and O–H groups in total. The van der Waals surface area contributed by atoms with Crippen molar-refractivity contribution in [3.05, 3.63) is 58.3 Å². The summed E-state index contributed by atoms with van der Waals surface area (Å²) in [5, 5.41) is 5.07. The van der Waals surface area contributed by atoms with Crippen LogP contribution in [0.1, 0.15) is 0 Å². The highest BCUT2D eigenvalue weighted by molar-refractivity contribution is 6.44. The average molecular weight is 327 g/mol. The minimum absolute atomic E-state index is 0.0770. The van der Waals surface area contributed by atoms with Gasteiger partial charge in [0.15, 0.2) is 0 Å². The van der Waals surface area contributed by atoms with Crippen LogP contribution in [0.4, 0.5) is 15.8 Å². The van der Waals surface area contributed by atoms with Gasteiger partial charge in [-0.15, -0.1) is 0 Å². The lowest BCUT2D eigenvalue weighted by atomic mass is 10.3. The van der Waals surface area contributed by atoms with E-state index in [2.05, 4.69) is 10.6 Å². The molecular weight excluding hydrogens is 318 g/mol. The monoisotopic (exact) mass is 326 g/mol. The molecule has 2 rings (SSSR count). The number of nitrogens with one attached hydrogen (secondary N) is 2. The van der Waals surface area contributed by atoms with Crippen LogP contribution in [-0.2, 0) is 9.59 Å². The van der Waals surface area contributed by atoms with E-state index < -0.39 is 17.6 Å². The van der Waals surface area contributed by atoms with E-state index in [1.165, 1.54) is 42.5 Å². The molecule has 2 aromatic carbocycles. The summed E-state index contributed by atoms with van der Waals surface area (Å²) in [5.74, 6) is -2.57. The highest BCUT2D eigenvalue weighted by Gasteiger charge is 2.16. The lowest BCUT2D eigenvalue weighted by molar-refractivity contribution is -0.133. The first-order valence-corrected chi connectivity index (χ1v) is 6.55. The van der Waals surface area contributed by atoms with Crippen molar-refractivity contribution in [1.82, 2.24) is 0 Å². The van der Waals surface area contributed by atoms with Crippen molar-refractivity contribution in [3.63, 3.8) is 0 Å². The topological polar surface area (TPSA) is 58.2 Å². The largest absolute Gasteiger partial charge is 0.318 e. The Morgan fingerprint density at radius 2 is 1.57 bits per heavy atom. The number of carbonyl (C=O) groups is 2. The molecule has 0 radical (unpaired) electrons. The molecule has 4 nitrogen and oxygen atoms in total. The smallest absolute Gasteiger partial charge is 0.314 e. The number of amides is 2. The molecule has 0 aliphatic heterocycles. The van der Waals surface area contributed by atoms with Crippen molar-refractivity contribution < 1.29 is 14.0 Å². The molecule has 0 aliphatic carbocycles. The van der Waals surface area contributed by atoms with E-state index >= 15 is 0 Å². The molecule has 0 unspecified atom stereocenters. The van der Waals surface area contributed by atoms with Crippen LogP contribution in [-0.4, -0.2) is 11.8 Å². The third-order valence-corrected chi connectivity index (χ3v) is 3.24. The minimum atomic E-state index is -0.994. The van der Waals surface area contributed by atoms with Crippen molar-refractivity contribution in [1.29, 1.82) is 0 Å². The van der Waals surface area contributed by atoms with E-state index in [0.29, 0.717) is 10.7 Å². The van der Waals surface area contributed by atoms with Gasteiger partial charge in [-0.25, -0.2) is 4.39 Å². The van der Waals surface area contributed by atoms with Gasteiger partial charge in [0, 0.05) is 5.69 Å². The maximum Gasteiger partial charge on any atom is 0.314 e. The Morgan fingerprint density at radius 3 is 2.24 bits per heavy atom. The number of hydrogen-bond donors (Lipinski definition) is 2. The van der Waals surface area contributed by atoms with Crippen LogP contribution in [0.3, 0.4) is 0 Å². The summed E-state index contributed by atoms with van der Waals surface area (Å²) in [6.07, 6.45) is 0. The zero-order chi connectivity index (χ0) is 15.4. The molecule has 0 saturated carbocycles. The highest BCUT2D eigenvalue weighted by Crippen LogP contribution is 2.25. The summed E-state index contributed by atoms with van der Waals surface area (Å²) in [7, 11) is 0. The second-order valence-corrected chi connectivity index (χ2v) is 4.83. The van der Waals surface area contributed by atoms with E-state index in [1.54, 1.807) is 0 Å². The Labute approximate surface area is 129 Å². The minimum Gasteiger partial charge on any atom is -0.318 e. The molecule has 2 amide bonds. The number of hydrogen-bond acceptors (Lipinski definition) is 2. The first-order chi connectivity index (χ1) is 9.97. The van der Waals surface area contributed by atoms with Gasteiger partial charge in [0.1, 0.15) is 5.82 Å².